The molecule has 0 radical (unpaired) electrons. The van der Waals surface area contributed by atoms with E-state index < -0.39 is 7.60 Å². The van der Waals surface area contributed by atoms with Crippen molar-refractivity contribution in [3.05, 3.63) is 35.4 Å². The van der Waals surface area contributed by atoms with Crippen molar-refractivity contribution in [3.63, 3.8) is 0 Å². The van der Waals surface area contributed by atoms with E-state index in [0.717, 1.165) is 5.56 Å². The zero-order valence-electron chi connectivity index (χ0n) is 12.0. The third-order valence-corrected chi connectivity index (χ3v) is 6.04. The summed E-state index contributed by atoms with van der Waals surface area (Å²) < 4.78 is 24.0. The molecule has 0 aromatic heterocycles. The topological polar surface area (TPSA) is 52.6 Å². The van der Waals surface area contributed by atoms with Crippen LogP contribution in [0.4, 0.5) is 0 Å². The van der Waals surface area contributed by atoms with Crippen LogP contribution in [-0.4, -0.2) is 19.0 Å². The smallest absolute Gasteiger partial charge is 0.308 e. The molecule has 0 amide bonds. The number of Topliss-reactive ketones (excluding diaryl/α,β-unsaturated/α-hetero) is 1. The van der Waals surface area contributed by atoms with Gasteiger partial charge in [0.25, 0.3) is 0 Å². The second-order valence-electron chi connectivity index (χ2n) is 4.79. The van der Waals surface area contributed by atoms with E-state index in [0.29, 0.717) is 38.0 Å². The standard InChI is InChI=1S/C15H21O4P/c1-3-18-20(17,19-4-2)15-11-7-10-14(16)12-8-5-6-9-13(12)15/h5-6,8-9,15H,3-4,7,10-11H2,1-2H3. The van der Waals surface area contributed by atoms with Gasteiger partial charge < -0.3 is 9.05 Å². The fraction of sp³-hybridized carbons (Fsp3) is 0.533. The highest BCUT2D eigenvalue weighted by Gasteiger charge is 2.39. The molecule has 2 rings (SSSR count). The van der Waals surface area contributed by atoms with E-state index in [1.54, 1.807) is 19.9 Å². The Hall–Kier alpha value is -0.960. The van der Waals surface area contributed by atoms with E-state index in [1.807, 2.05) is 18.2 Å². The molecule has 0 saturated heterocycles. The van der Waals surface area contributed by atoms with Gasteiger partial charge >= 0.3 is 7.60 Å². The molecule has 1 aliphatic rings. The molecule has 5 heteroatoms. The zero-order chi connectivity index (χ0) is 14.6. The maximum atomic E-state index is 13.0. The molecule has 0 spiro atoms. The number of fused-ring (bicyclic) bond motifs is 1. The first-order valence-electron chi connectivity index (χ1n) is 7.13. The Kier molecular flexibility index (Phi) is 5.14. The van der Waals surface area contributed by atoms with Crippen molar-refractivity contribution in [3.8, 4) is 0 Å². The molecule has 1 unspecified atom stereocenters. The average molecular weight is 296 g/mol. The highest BCUT2D eigenvalue weighted by molar-refractivity contribution is 7.54. The van der Waals surface area contributed by atoms with Crippen molar-refractivity contribution in [1.82, 2.24) is 0 Å². The van der Waals surface area contributed by atoms with Gasteiger partial charge in [-0.05, 0) is 32.3 Å². The number of ketones is 1. The predicted octanol–water partition coefficient (Wildman–Crippen LogP) is 4.36. The van der Waals surface area contributed by atoms with Crippen molar-refractivity contribution in [2.75, 3.05) is 13.2 Å². The quantitative estimate of drug-likeness (QED) is 0.598. The summed E-state index contributed by atoms with van der Waals surface area (Å²) in [6.07, 6.45) is 1.86. The summed E-state index contributed by atoms with van der Waals surface area (Å²) in [5, 5.41) is 0. The van der Waals surface area contributed by atoms with Gasteiger partial charge in [0.15, 0.2) is 5.78 Å². The van der Waals surface area contributed by atoms with Crippen LogP contribution in [0, 0.1) is 0 Å². The Bertz CT molecular complexity index is 516. The molecule has 110 valence electrons. The number of rotatable bonds is 5. The summed E-state index contributed by atoms with van der Waals surface area (Å²) in [5.41, 5.74) is 1.12. The Morgan fingerprint density at radius 3 is 2.50 bits per heavy atom. The molecule has 0 heterocycles. The van der Waals surface area contributed by atoms with Crippen LogP contribution in [0.5, 0.6) is 0 Å². The average Bonchev–Trinajstić information content (AvgIpc) is 2.60. The van der Waals surface area contributed by atoms with E-state index in [2.05, 4.69) is 0 Å². The molecule has 0 N–H and O–H groups in total. The van der Waals surface area contributed by atoms with Gasteiger partial charge in [0, 0.05) is 12.0 Å². The fourth-order valence-corrected chi connectivity index (χ4v) is 4.91. The van der Waals surface area contributed by atoms with Gasteiger partial charge in [-0.15, -0.1) is 0 Å². The fourth-order valence-electron chi connectivity index (χ4n) is 2.69. The second kappa shape index (κ2) is 6.66. The number of carbonyl (C=O) groups excluding carboxylic acids is 1. The van der Waals surface area contributed by atoms with Crippen LogP contribution in [0.25, 0.3) is 0 Å². The van der Waals surface area contributed by atoms with Crippen molar-refractivity contribution in [2.24, 2.45) is 0 Å². The minimum Gasteiger partial charge on any atom is -0.308 e. The summed E-state index contributed by atoms with van der Waals surface area (Å²) in [6.45, 7) is 4.28. The predicted molar refractivity (Wildman–Crippen MR) is 78.2 cm³/mol. The first-order chi connectivity index (χ1) is 9.62. The maximum absolute atomic E-state index is 13.0. The monoisotopic (exact) mass is 296 g/mol. The normalized spacial score (nSPS) is 19.5. The van der Waals surface area contributed by atoms with E-state index in [9.17, 15) is 9.36 Å². The first-order valence-corrected chi connectivity index (χ1v) is 8.74. The summed E-state index contributed by atoms with van der Waals surface area (Å²) >= 11 is 0. The SMILES string of the molecule is CCOP(=O)(OCC)C1CCCC(=O)c2ccccc21. The Balaban J connectivity index is 2.47. The van der Waals surface area contributed by atoms with Gasteiger partial charge in [0.05, 0.1) is 18.9 Å². The summed E-state index contributed by atoms with van der Waals surface area (Å²) in [6, 6.07) is 7.38. The number of benzene rings is 1. The maximum Gasteiger partial charge on any atom is 0.338 e. The lowest BCUT2D eigenvalue weighted by Gasteiger charge is -2.26. The number of hydrogen-bond donors (Lipinski definition) is 0. The molecule has 0 fully saturated rings. The van der Waals surface area contributed by atoms with Gasteiger partial charge in [-0.3, -0.25) is 9.36 Å². The Morgan fingerprint density at radius 1 is 1.20 bits per heavy atom. The number of carbonyl (C=O) groups is 1. The van der Waals surface area contributed by atoms with Crippen LogP contribution >= 0.6 is 7.60 Å². The van der Waals surface area contributed by atoms with Crippen LogP contribution < -0.4 is 0 Å². The molecule has 1 atom stereocenters. The molecule has 0 saturated carbocycles. The first kappa shape index (κ1) is 15.4. The highest BCUT2D eigenvalue weighted by atomic mass is 31.2. The lowest BCUT2D eigenvalue weighted by molar-refractivity contribution is 0.0982. The highest BCUT2D eigenvalue weighted by Crippen LogP contribution is 2.63. The van der Waals surface area contributed by atoms with E-state index in [-0.39, 0.29) is 11.4 Å². The molecular weight excluding hydrogens is 275 g/mol. The van der Waals surface area contributed by atoms with Gasteiger partial charge in [0.2, 0.25) is 0 Å². The Labute approximate surface area is 120 Å². The third-order valence-electron chi connectivity index (χ3n) is 3.50. The molecule has 1 aromatic rings. The lowest BCUT2D eigenvalue weighted by atomic mass is 10.0. The summed E-state index contributed by atoms with van der Waals surface area (Å²) in [4.78, 5) is 12.1. The van der Waals surface area contributed by atoms with Crippen molar-refractivity contribution in [1.29, 1.82) is 0 Å². The third kappa shape index (κ3) is 3.03. The molecule has 1 aliphatic carbocycles. The minimum absolute atomic E-state index is 0.114. The van der Waals surface area contributed by atoms with Crippen LogP contribution in [-0.2, 0) is 13.6 Å². The largest absolute Gasteiger partial charge is 0.338 e. The van der Waals surface area contributed by atoms with Gasteiger partial charge in [0.1, 0.15) is 0 Å². The molecule has 0 aliphatic heterocycles. The van der Waals surface area contributed by atoms with Crippen LogP contribution in [0.3, 0.4) is 0 Å². The van der Waals surface area contributed by atoms with Crippen molar-refractivity contribution in [2.45, 2.75) is 38.8 Å². The van der Waals surface area contributed by atoms with Crippen LogP contribution in [0.1, 0.15) is 54.7 Å². The number of hydrogen-bond acceptors (Lipinski definition) is 4. The summed E-state index contributed by atoms with van der Waals surface area (Å²) in [7, 11) is -3.23. The minimum atomic E-state index is -3.23. The molecule has 1 aromatic carbocycles. The molecule has 0 bridgehead atoms. The van der Waals surface area contributed by atoms with Gasteiger partial charge in [-0.1, -0.05) is 24.3 Å². The molecular formula is C15H21O4P. The van der Waals surface area contributed by atoms with E-state index in [4.69, 9.17) is 9.05 Å². The van der Waals surface area contributed by atoms with Crippen molar-refractivity contribution >= 4 is 13.4 Å². The van der Waals surface area contributed by atoms with Crippen LogP contribution in [0.2, 0.25) is 0 Å². The zero-order valence-corrected chi connectivity index (χ0v) is 12.9. The van der Waals surface area contributed by atoms with Gasteiger partial charge in [-0.25, -0.2) is 0 Å². The van der Waals surface area contributed by atoms with Gasteiger partial charge in [-0.2, -0.15) is 0 Å². The van der Waals surface area contributed by atoms with E-state index in [1.165, 1.54) is 0 Å². The molecule has 4 nitrogen and oxygen atoms in total. The second-order valence-corrected chi connectivity index (χ2v) is 7.01. The van der Waals surface area contributed by atoms with Crippen molar-refractivity contribution < 1.29 is 18.4 Å². The van der Waals surface area contributed by atoms with Crippen LogP contribution in [0.15, 0.2) is 24.3 Å². The Morgan fingerprint density at radius 2 is 1.85 bits per heavy atom. The van der Waals surface area contributed by atoms with E-state index >= 15 is 0 Å². The summed E-state index contributed by atoms with van der Waals surface area (Å²) in [5.74, 6) is 0.114. The lowest BCUT2D eigenvalue weighted by Crippen LogP contribution is -2.08. The molecule has 20 heavy (non-hydrogen) atoms.